The van der Waals surface area contributed by atoms with Gasteiger partial charge in [-0.2, -0.15) is 0 Å². The first-order valence-corrected chi connectivity index (χ1v) is 7.86. The van der Waals surface area contributed by atoms with E-state index < -0.39 is 0 Å². The van der Waals surface area contributed by atoms with Crippen molar-refractivity contribution in [3.05, 3.63) is 24.3 Å². The first-order chi connectivity index (χ1) is 9.94. The maximum Gasteiger partial charge on any atom is 0.242 e. The zero-order chi connectivity index (χ0) is 15.5. The molecule has 1 heterocycles. The summed E-state index contributed by atoms with van der Waals surface area (Å²) in [5.74, 6) is 0.0959. The van der Waals surface area contributed by atoms with Crippen LogP contribution in [0.25, 0.3) is 0 Å². The molecular formula is C17H27N3O. The van der Waals surface area contributed by atoms with E-state index in [9.17, 15) is 4.79 Å². The van der Waals surface area contributed by atoms with Crippen LogP contribution in [0.15, 0.2) is 24.3 Å². The molecule has 0 saturated carbocycles. The van der Waals surface area contributed by atoms with Crippen molar-refractivity contribution in [2.45, 2.75) is 52.1 Å². The number of nitrogens with one attached hydrogen (secondary N) is 2. The van der Waals surface area contributed by atoms with Gasteiger partial charge in [0.15, 0.2) is 0 Å². The third-order valence-electron chi connectivity index (χ3n) is 4.30. The number of rotatable bonds is 4. The molecule has 4 heteroatoms. The second-order valence-electron chi connectivity index (χ2n) is 6.39. The van der Waals surface area contributed by atoms with Crippen molar-refractivity contribution < 1.29 is 4.79 Å². The van der Waals surface area contributed by atoms with Gasteiger partial charge < -0.3 is 15.5 Å². The molecule has 21 heavy (non-hydrogen) atoms. The zero-order valence-corrected chi connectivity index (χ0v) is 13.6. The lowest BCUT2D eigenvalue weighted by atomic mass is 10.0. The van der Waals surface area contributed by atoms with E-state index in [2.05, 4.69) is 48.4 Å². The number of amides is 1. The quantitative estimate of drug-likeness (QED) is 0.895. The molecule has 0 bridgehead atoms. The summed E-state index contributed by atoms with van der Waals surface area (Å²) in [6.45, 7) is 10.1. The number of nitrogens with zero attached hydrogens (tertiary/aromatic N) is 1. The van der Waals surface area contributed by atoms with Crippen LogP contribution in [0.5, 0.6) is 0 Å². The second-order valence-corrected chi connectivity index (χ2v) is 6.39. The Morgan fingerprint density at radius 1 is 1.43 bits per heavy atom. The highest BCUT2D eigenvalue weighted by Crippen LogP contribution is 2.29. The molecule has 0 radical (unpaired) electrons. The van der Waals surface area contributed by atoms with Gasteiger partial charge in [-0.1, -0.05) is 19.1 Å². The zero-order valence-electron chi connectivity index (χ0n) is 13.6. The summed E-state index contributed by atoms with van der Waals surface area (Å²) in [6, 6.07) is 8.05. The van der Waals surface area contributed by atoms with Crippen LogP contribution in [-0.2, 0) is 4.79 Å². The van der Waals surface area contributed by atoms with Crippen molar-refractivity contribution >= 4 is 17.3 Å². The summed E-state index contributed by atoms with van der Waals surface area (Å²) in [5.41, 5.74) is 2.07. The Morgan fingerprint density at radius 2 is 2.14 bits per heavy atom. The van der Waals surface area contributed by atoms with Crippen LogP contribution in [0.4, 0.5) is 11.4 Å². The molecule has 0 spiro atoms. The molecule has 0 aliphatic carbocycles. The van der Waals surface area contributed by atoms with Crippen molar-refractivity contribution in [1.82, 2.24) is 5.32 Å². The molecule has 2 rings (SSSR count). The van der Waals surface area contributed by atoms with Crippen LogP contribution in [0, 0.1) is 0 Å². The molecule has 1 amide bonds. The van der Waals surface area contributed by atoms with Gasteiger partial charge >= 0.3 is 0 Å². The standard InChI is InChI=1S/C17H27N3O/c1-5-17(3,4)19-16(21)13(2)20-12-8-11-18-14-9-6-7-10-15(14)20/h6-7,9-10,13,18H,5,8,11-12H2,1-4H3,(H,19,21). The van der Waals surface area contributed by atoms with E-state index in [0.29, 0.717) is 0 Å². The fourth-order valence-corrected chi connectivity index (χ4v) is 2.54. The summed E-state index contributed by atoms with van der Waals surface area (Å²) in [7, 11) is 0. The number of fused-ring (bicyclic) bond motifs is 1. The molecule has 116 valence electrons. The van der Waals surface area contributed by atoms with Crippen molar-refractivity contribution in [2.75, 3.05) is 23.3 Å². The highest BCUT2D eigenvalue weighted by molar-refractivity contribution is 5.87. The minimum Gasteiger partial charge on any atom is -0.383 e. The second kappa shape index (κ2) is 6.37. The van der Waals surface area contributed by atoms with Gasteiger partial charge in [-0.3, -0.25) is 4.79 Å². The molecule has 1 aliphatic heterocycles. The monoisotopic (exact) mass is 289 g/mol. The number of carbonyl (C=O) groups excluding carboxylic acids is 1. The van der Waals surface area contributed by atoms with Crippen LogP contribution >= 0.6 is 0 Å². The molecule has 0 fully saturated rings. The highest BCUT2D eigenvalue weighted by Gasteiger charge is 2.28. The van der Waals surface area contributed by atoms with E-state index in [-0.39, 0.29) is 17.5 Å². The van der Waals surface area contributed by atoms with E-state index in [1.807, 2.05) is 19.1 Å². The number of anilines is 2. The third-order valence-corrected chi connectivity index (χ3v) is 4.30. The molecule has 1 unspecified atom stereocenters. The third kappa shape index (κ3) is 3.69. The fraction of sp³-hybridized carbons (Fsp3) is 0.588. The van der Waals surface area contributed by atoms with Gasteiger partial charge in [0, 0.05) is 18.6 Å². The van der Waals surface area contributed by atoms with Crippen LogP contribution in [-0.4, -0.2) is 30.6 Å². The minimum atomic E-state index is -0.170. The van der Waals surface area contributed by atoms with Gasteiger partial charge in [-0.05, 0) is 45.7 Å². The number of hydrogen-bond donors (Lipinski definition) is 2. The predicted molar refractivity (Wildman–Crippen MR) is 88.9 cm³/mol. The lowest BCUT2D eigenvalue weighted by Gasteiger charge is -2.33. The van der Waals surface area contributed by atoms with Gasteiger partial charge in [0.25, 0.3) is 0 Å². The van der Waals surface area contributed by atoms with Crippen LogP contribution in [0.1, 0.15) is 40.5 Å². The molecule has 1 atom stereocenters. The van der Waals surface area contributed by atoms with Crippen LogP contribution in [0.3, 0.4) is 0 Å². The highest BCUT2D eigenvalue weighted by atomic mass is 16.2. The number of carbonyl (C=O) groups is 1. The normalized spacial score (nSPS) is 16.5. The Morgan fingerprint density at radius 3 is 2.86 bits per heavy atom. The fourth-order valence-electron chi connectivity index (χ4n) is 2.54. The van der Waals surface area contributed by atoms with E-state index in [1.165, 1.54) is 0 Å². The molecular weight excluding hydrogens is 262 g/mol. The van der Waals surface area contributed by atoms with Crippen LogP contribution in [0.2, 0.25) is 0 Å². The average molecular weight is 289 g/mol. The lowest BCUT2D eigenvalue weighted by molar-refractivity contribution is -0.123. The summed E-state index contributed by atoms with van der Waals surface area (Å²) >= 11 is 0. The molecule has 4 nitrogen and oxygen atoms in total. The Bertz CT molecular complexity index is 499. The SMILES string of the molecule is CCC(C)(C)NC(=O)C(C)N1CCCNc2ccccc21. The average Bonchev–Trinajstić information content (AvgIpc) is 2.68. The summed E-state index contributed by atoms with van der Waals surface area (Å²) in [5, 5.41) is 6.59. The van der Waals surface area contributed by atoms with Gasteiger partial charge in [0.2, 0.25) is 5.91 Å². The van der Waals surface area contributed by atoms with E-state index >= 15 is 0 Å². The maximum absolute atomic E-state index is 12.6. The smallest absolute Gasteiger partial charge is 0.242 e. The van der Waals surface area contributed by atoms with Crippen molar-refractivity contribution in [2.24, 2.45) is 0 Å². The number of benzene rings is 1. The van der Waals surface area contributed by atoms with Gasteiger partial charge in [0.1, 0.15) is 6.04 Å². The topological polar surface area (TPSA) is 44.4 Å². The van der Waals surface area contributed by atoms with Crippen LogP contribution < -0.4 is 15.5 Å². The Hall–Kier alpha value is -1.71. The van der Waals surface area contributed by atoms with Crippen molar-refractivity contribution in [3.8, 4) is 0 Å². The van der Waals surface area contributed by atoms with Gasteiger partial charge in [-0.15, -0.1) is 0 Å². The maximum atomic E-state index is 12.6. The van der Waals surface area contributed by atoms with E-state index in [1.54, 1.807) is 0 Å². The Kier molecular flexibility index (Phi) is 4.76. The Labute approximate surface area is 127 Å². The lowest BCUT2D eigenvalue weighted by Crippen LogP contribution is -2.52. The summed E-state index contributed by atoms with van der Waals surface area (Å²) in [6.07, 6.45) is 1.95. The largest absolute Gasteiger partial charge is 0.383 e. The Balaban J connectivity index is 2.18. The summed E-state index contributed by atoms with van der Waals surface area (Å²) in [4.78, 5) is 14.8. The van der Waals surface area contributed by atoms with Crippen molar-refractivity contribution in [3.63, 3.8) is 0 Å². The molecule has 0 saturated heterocycles. The summed E-state index contributed by atoms with van der Waals surface area (Å²) < 4.78 is 0. The first-order valence-electron chi connectivity index (χ1n) is 7.86. The van der Waals surface area contributed by atoms with Crippen molar-refractivity contribution in [1.29, 1.82) is 0 Å². The molecule has 1 aromatic carbocycles. The van der Waals surface area contributed by atoms with Gasteiger partial charge in [-0.25, -0.2) is 0 Å². The van der Waals surface area contributed by atoms with E-state index in [0.717, 1.165) is 37.3 Å². The number of hydrogen-bond acceptors (Lipinski definition) is 3. The van der Waals surface area contributed by atoms with E-state index in [4.69, 9.17) is 0 Å². The molecule has 2 N–H and O–H groups in total. The first kappa shape index (κ1) is 15.7. The molecule has 0 aromatic heterocycles. The predicted octanol–water partition coefficient (Wildman–Crippen LogP) is 3.00. The molecule has 1 aromatic rings. The minimum absolute atomic E-state index is 0.0959. The molecule has 1 aliphatic rings. The van der Waals surface area contributed by atoms with Gasteiger partial charge in [0.05, 0.1) is 11.4 Å². The number of para-hydroxylation sites is 2.